The first-order chi connectivity index (χ1) is 6.95. The Morgan fingerprint density at radius 2 is 2.07 bits per heavy atom. The van der Waals surface area contributed by atoms with Gasteiger partial charge in [-0.25, -0.2) is 0 Å². The Morgan fingerprint density at radius 3 is 2.53 bits per heavy atom. The third-order valence-electron chi connectivity index (χ3n) is 3.34. The van der Waals surface area contributed by atoms with Crippen LogP contribution in [-0.4, -0.2) is 48.3 Å². The predicted molar refractivity (Wildman–Crippen MR) is 64.0 cm³/mol. The highest BCUT2D eigenvalue weighted by molar-refractivity contribution is 4.83. The Kier molecular flexibility index (Phi) is 4.56. The molecule has 1 unspecified atom stereocenters. The van der Waals surface area contributed by atoms with Gasteiger partial charge in [0.1, 0.15) is 0 Å². The zero-order valence-electron chi connectivity index (χ0n) is 10.6. The van der Waals surface area contributed by atoms with E-state index >= 15 is 0 Å². The number of rotatable bonds is 7. The molecule has 3 heteroatoms. The van der Waals surface area contributed by atoms with Crippen LogP contribution in [-0.2, 0) is 0 Å². The van der Waals surface area contributed by atoms with Crippen molar-refractivity contribution in [3.8, 4) is 0 Å². The summed E-state index contributed by atoms with van der Waals surface area (Å²) in [6.45, 7) is 8.76. The molecule has 0 radical (unpaired) electrons. The van der Waals surface area contributed by atoms with E-state index < -0.39 is 0 Å². The van der Waals surface area contributed by atoms with E-state index in [1.165, 1.54) is 12.8 Å². The molecule has 2 N–H and O–H groups in total. The van der Waals surface area contributed by atoms with Crippen molar-refractivity contribution in [2.75, 3.05) is 26.7 Å². The molecule has 0 amide bonds. The van der Waals surface area contributed by atoms with Gasteiger partial charge in [-0.2, -0.15) is 0 Å². The average molecular weight is 214 g/mol. The van der Waals surface area contributed by atoms with Crippen molar-refractivity contribution in [2.45, 2.75) is 45.2 Å². The molecule has 0 aromatic rings. The van der Waals surface area contributed by atoms with E-state index in [0.29, 0.717) is 5.92 Å². The average Bonchev–Trinajstić information content (AvgIpc) is 2.98. The summed E-state index contributed by atoms with van der Waals surface area (Å²) in [5.41, 5.74) is -0.103. The number of hydrogen-bond acceptors (Lipinski definition) is 3. The van der Waals surface area contributed by atoms with Crippen LogP contribution in [0.2, 0.25) is 0 Å². The molecule has 0 heterocycles. The summed E-state index contributed by atoms with van der Waals surface area (Å²) in [5, 5.41) is 12.8. The zero-order valence-corrected chi connectivity index (χ0v) is 10.6. The van der Waals surface area contributed by atoms with Crippen LogP contribution in [0.3, 0.4) is 0 Å². The lowest BCUT2D eigenvalue weighted by molar-refractivity contribution is 0.0682. The third kappa shape index (κ3) is 4.49. The van der Waals surface area contributed by atoms with Gasteiger partial charge < -0.3 is 10.4 Å². The maximum Gasteiger partial charge on any atom is 0.0609 e. The molecule has 0 spiro atoms. The van der Waals surface area contributed by atoms with Gasteiger partial charge >= 0.3 is 0 Å². The van der Waals surface area contributed by atoms with Gasteiger partial charge in [0.15, 0.2) is 0 Å². The molecule has 1 aliphatic carbocycles. The Morgan fingerprint density at radius 1 is 1.47 bits per heavy atom. The molecule has 0 aromatic carbocycles. The molecule has 1 aliphatic rings. The Labute approximate surface area is 93.9 Å². The van der Waals surface area contributed by atoms with E-state index in [0.717, 1.165) is 19.1 Å². The monoisotopic (exact) mass is 214 g/mol. The zero-order chi connectivity index (χ0) is 11.5. The number of aliphatic hydroxyl groups is 1. The van der Waals surface area contributed by atoms with Crippen LogP contribution in [0.25, 0.3) is 0 Å². The van der Waals surface area contributed by atoms with Gasteiger partial charge in [-0.3, -0.25) is 4.90 Å². The quantitative estimate of drug-likeness (QED) is 0.665. The van der Waals surface area contributed by atoms with Crippen LogP contribution < -0.4 is 5.32 Å². The van der Waals surface area contributed by atoms with E-state index in [-0.39, 0.29) is 12.1 Å². The fourth-order valence-corrected chi connectivity index (χ4v) is 1.56. The molecule has 1 fully saturated rings. The number of nitrogens with zero attached hydrogens (tertiary/aromatic N) is 1. The van der Waals surface area contributed by atoms with E-state index in [2.05, 4.69) is 38.0 Å². The molecule has 3 nitrogen and oxygen atoms in total. The summed E-state index contributed by atoms with van der Waals surface area (Å²) in [6, 6.07) is 0.795. The smallest absolute Gasteiger partial charge is 0.0609 e. The fourth-order valence-electron chi connectivity index (χ4n) is 1.56. The standard InChI is InChI=1S/C12H26N2O/c1-10(7-13-11-5-6-11)8-14(4)12(2,3)9-15/h10-11,13,15H,5-9H2,1-4H3. The molecule has 0 aliphatic heterocycles. The number of likely N-dealkylation sites (N-methyl/N-ethyl adjacent to an activating group) is 1. The maximum atomic E-state index is 9.25. The molecular formula is C12H26N2O. The molecule has 1 rings (SSSR count). The molecule has 1 atom stereocenters. The highest BCUT2D eigenvalue weighted by Crippen LogP contribution is 2.19. The van der Waals surface area contributed by atoms with E-state index in [1.54, 1.807) is 0 Å². The van der Waals surface area contributed by atoms with E-state index in [9.17, 15) is 5.11 Å². The lowest BCUT2D eigenvalue weighted by Crippen LogP contribution is -2.47. The molecule has 0 saturated heterocycles. The Hall–Kier alpha value is -0.120. The van der Waals surface area contributed by atoms with Gasteiger partial charge in [-0.15, -0.1) is 0 Å². The van der Waals surface area contributed by atoms with Crippen molar-refractivity contribution in [1.82, 2.24) is 10.2 Å². The second-order valence-electron chi connectivity index (χ2n) is 5.64. The van der Waals surface area contributed by atoms with Gasteiger partial charge in [-0.1, -0.05) is 6.92 Å². The van der Waals surface area contributed by atoms with Crippen LogP contribution in [0.15, 0.2) is 0 Å². The highest BCUT2D eigenvalue weighted by atomic mass is 16.3. The minimum Gasteiger partial charge on any atom is -0.394 e. The van der Waals surface area contributed by atoms with Crippen LogP contribution in [0.4, 0.5) is 0 Å². The second-order valence-corrected chi connectivity index (χ2v) is 5.64. The number of hydrogen-bond donors (Lipinski definition) is 2. The van der Waals surface area contributed by atoms with Crippen LogP contribution in [0.1, 0.15) is 33.6 Å². The van der Waals surface area contributed by atoms with Gasteiger partial charge in [0, 0.05) is 18.1 Å². The molecule has 0 aromatic heterocycles. The van der Waals surface area contributed by atoms with Gasteiger partial charge in [0.25, 0.3) is 0 Å². The number of aliphatic hydroxyl groups excluding tert-OH is 1. The summed E-state index contributed by atoms with van der Waals surface area (Å²) in [4.78, 5) is 2.24. The van der Waals surface area contributed by atoms with Crippen molar-refractivity contribution < 1.29 is 5.11 Å². The SMILES string of the molecule is CC(CNC1CC1)CN(C)C(C)(C)CO. The Bertz CT molecular complexity index is 190. The van der Waals surface area contributed by atoms with Gasteiger partial charge in [-0.05, 0) is 46.2 Å². The summed E-state index contributed by atoms with van der Waals surface area (Å²) < 4.78 is 0. The summed E-state index contributed by atoms with van der Waals surface area (Å²) in [6.07, 6.45) is 2.70. The van der Waals surface area contributed by atoms with E-state index in [1.807, 2.05) is 0 Å². The van der Waals surface area contributed by atoms with Crippen molar-refractivity contribution >= 4 is 0 Å². The topological polar surface area (TPSA) is 35.5 Å². The minimum atomic E-state index is -0.103. The lowest BCUT2D eigenvalue weighted by atomic mass is 10.0. The first-order valence-corrected chi connectivity index (χ1v) is 6.01. The third-order valence-corrected chi connectivity index (χ3v) is 3.34. The molecule has 90 valence electrons. The van der Waals surface area contributed by atoms with Crippen molar-refractivity contribution in [3.63, 3.8) is 0 Å². The summed E-state index contributed by atoms with van der Waals surface area (Å²) in [7, 11) is 2.09. The minimum absolute atomic E-state index is 0.103. The van der Waals surface area contributed by atoms with Crippen LogP contribution in [0.5, 0.6) is 0 Å². The molecule has 15 heavy (non-hydrogen) atoms. The maximum absolute atomic E-state index is 9.25. The lowest BCUT2D eigenvalue weighted by Gasteiger charge is -2.35. The van der Waals surface area contributed by atoms with Crippen LogP contribution >= 0.6 is 0 Å². The Balaban J connectivity index is 2.19. The molecule has 0 bridgehead atoms. The van der Waals surface area contributed by atoms with Crippen molar-refractivity contribution in [3.05, 3.63) is 0 Å². The normalized spacial score (nSPS) is 19.6. The summed E-state index contributed by atoms with van der Waals surface area (Å²) in [5.74, 6) is 0.640. The van der Waals surface area contributed by atoms with Gasteiger partial charge in [0.2, 0.25) is 0 Å². The first kappa shape index (κ1) is 12.9. The fraction of sp³-hybridized carbons (Fsp3) is 1.00. The second kappa shape index (κ2) is 5.28. The van der Waals surface area contributed by atoms with Crippen LogP contribution in [0, 0.1) is 5.92 Å². The van der Waals surface area contributed by atoms with Crippen molar-refractivity contribution in [2.24, 2.45) is 5.92 Å². The van der Waals surface area contributed by atoms with Crippen molar-refractivity contribution in [1.29, 1.82) is 0 Å². The molecule has 1 saturated carbocycles. The highest BCUT2D eigenvalue weighted by Gasteiger charge is 2.25. The largest absolute Gasteiger partial charge is 0.394 e. The molecular weight excluding hydrogens is 188 g/mol. The van der Waals surface area contributed by atoms with Gasteiger partial charge in [0.05, 0.1) is 6.61 Å². The summed E-state index contributed by atoms with van der Waals surface area (Å²) >= 11 is 0. The first-order valence-electron chi connectivity index (χ1n) is 6.01. The predicted octanol–water partition coefficient (Wildman–Crippen LogP) is 1.08. The van der Waals surface area contributed by atoms with E-state index in [4.69, 9.17) is 0 Å². The number of nitrogens with one attached hydrogen (secondary N) is 1.